The Hall–Kier alpha value is -0.0400. The van der Waals surface area contributed by atoms with E-state index in [1.807, 2.05) is 12.3 Å². The van der Waals surface area contributed by atoms with E-state index in [0.29, 0.717) is 10.1 Å². The van der Waals surface area contributed by atoms with Gasteiger partial charge in [-0.15, -0.1) is 0 Å². The molecule has 2 atom stereocenters. The van der Waals surface area contributed by atoms with Crippen molar-refractivity contribution < 1.29 is 8.42 Å². The molecule has 0 spiro atoms. The number of thioether (sulfide) groups is 1. The first kappa shape index (κ1) is 14.4. The van der Waals surface area contributed by atoms with Gasteiger partial charge in [0.05, 0.1) is 4.90 Å². The SMILES string of the molecule is CSC1CCCC1NS(=O)(=O)c1cccc(Br)c1. The first-order chi connectivity index (χ1) is 8.53. The van der Waals surface area contributed by atoms with E-state index in [2.05, 4.69) is 20.7 Å². The number of nitrogens with one attached hydrogen (secondary N) is 1. The van der Waals surface area contributed by atoms with Crippen LogP contribution in [-0.2, 0) is 10.0 Å². The van der Waals surface area contributed by atoms with Crippen LogP contribution in [0.1, 0.15) is 19.3 Å². The highest BCUT2D eigenvalue weighted by atomic mass is 79.9. The fourth-order valence-electron chi connectivity index (χ4n) is 2.24. The lowest BCUT2D eigenvalue weighted by Crippen LogP contribution is -2.38. The largest absolute Gasteiger partial charge is 0.240 e. The number of rotatable bonds is 4. The third-order valence-corrected chi connectivity index (χ3v) is 6.32. The predicted octanol–water partition coefficient (Wildman–Crippen LogP) is 3.01. The molecule has 3 nitrogen and oxygen atoms in total. The summed E-state index contributed by atoms with van der Waals surface area (Å²) in [5, 5.41) is 0.395. The van der Waals surface area contributed by atoms with Gasteiger partial charge in [0.25, 0.3) is 0 Å². The van der Waals surface area contributed by atoms with Crippen LogP contribution < -0.4 is 4.72 Å². The van der Waals surface area contributed by atoms with Crippen molar-refractivity contribution in [3.63, 3.8) is 0 Å². The average Bonchev–Trinajstić information content (AvgIpc) is 2.75. The van der Waals surface area contributed by atoms with Crippen LogP contribution in [0.2, 0.25) is 0 Å². The molecule has 2 rings (SSSR count). The van der Waals surface area contributed by atoms with Gasteiger partial charge < -0.3 is 0 Å². The van der Waals surface area contributed by atoms with Crippen molar-refractivity contribution in [1.29, 1.82) is 0 Å². The van der Waals surface area contributed by atoms with Crippen molar-refractivity contribution >= 4 is 37.7 Å². The zero-order valence-electron chi connectivity index (χ0n) is 10.1. The summed E-state index contributed by atoms with van der Waals surface area (Å²) in [6.45, 7) is 0. The van der Waals surface area contributed by atoms with Gasteiger partial charge in [0.1, 0.15) is 0 Å². The van der Waals surface area contributed by atoms with Gasteiger partial charge in [-0.3, -0.25) is 0 Å². The molecule has 2 unspecified atom stereocenters. The molecule has 1 N–H and O–H groups in total. The lowest BCUT2D eigenvalue weighted by Gasteiger charge is -2.19. The van der Waals surface area contributed by atoms with E-state index in [1.54, 1.807) is 30.0 Å². The second-order valence-electron chi connectivity index (χ2n) is 4.39. The summed E-state index contributed by atoms with van der Waals surface area (Å²) in [5.74, 6) is 0. The average molecular weight is 350 g/mol. The maximum atomic E-state index is 12.3. The second-order valence-corrected chi connectivity index (χ2v) is 8.10. The molecule has 1 aliphatic carbocycles. The Kier molecular flexibility index (Phi) is 4.75. The van der Waals surface area contributed by atoms with Crippen molar-refractivity contribution in [2.45, 2.75) is 35.4 Å². The minimum Gasteiger partial charge on any atom is -0.207 e. The van der Waals surface area contributed by atoms with E-state index in [4.69, 9.17) is 0 Å². The van der Waals surface area contributed by atoms with Crippen molar-refractivity contribution in [1.82, 2.24) is 4.72 Å². The first-order valence-corrected chi connectivity index (χ1v) is 9.40. The summed E-state index contributed by atoms with van der Waals surface area (Å²) in [6.07, 6.45) is 5.15. The van der Waals surface area contributed by atoms with Crippen LogP contribution in [0.5, 0.6) is 0 Å². The molecule has 100 valence electrons. The molecule has 0 aromatic heterocycles. The van der Waals surface area contributed by atoms with E-state index in [9.17, 15) is 8.42 Å². The lowest BCUT2D eigenvalue weighted by atomic mass is 10.3. The van der Waals surface area contributed by atoms with Crippen molar-refractivity contribution in [2.75, 3.05) is 6.26 Å². The highest BCUT2D eigenvalue weighted by Gasteiger charge is 2.30. The van der Waals surface area contributed by atoms with Crippen molar-refractivity contribution in [2.24, 2.45) is 0 Å². The Balaban J connectivity index is 2.17. The zero-order valence-corrected chi connectivity index (χ0v) is 13.3. The molecular weight excluding hydrogens is 334 g/mol. The molecule has 0 bridgehead atoms. The van der Waals surface area contributed by atoms with Gasteiger partial charge in [-0.2, -0.15) is 11.8 Å². The molecule has 1 fully saturated rings. The van der Waals surface area contributed by atoms with Crippen LogP contribution in [0.25, 0.3) is 0 Å². The molecule has 1 aliphatic rings. The number of hydrogen-bond acceptors (Lipinski definition) is 3. The van der Waals surface area contributed by atoms with E-state index in [0.717, 1.165) is 23.7 Å². The Labute approximate surface area is 121 Å². The van der Waals surface area contributed by atoms with Gasteiger partial charge in [0, 0.05) is 15.8 Å². The molecule has 0 aliphatic heterocycles. The van der Waals surface area contributed by atoms with Crippen LogP contribution in [0.15, 0.2) is 33.6 Å². The Morgan fingerprint density at radius 3 is 2.83 bits per heavy atom. The van der Waals surface area contributed by atoms with Crippen LogP contribution in [0.3, 0.4) is 0 Å². The molecule has 0 saturated heterocycles. The third-order valence-electron chi connectivity index (χ3n) is 3.17. The van der Waals surface area contributed by atoms with Gasteiger partial charge in [0.15, 0.2) is 0 Å². The summed E-state index contributed by atoms with van der Waals surface area (Å²) < 4.78 is 28.1. The smallest absolute Gasteiger partial charge is 0.207 e. The summed E-state index contributed by atoms with van der Waals surface area (Å²) >= 11 is 5.04. The molecule has 1 saturated carbocycles. The standard InChI is InChI=1S/C12H16BrNO2S2/c1-17-12-7-3-6-11(12)14-18(15,16)10-5-2-4-9(13)8-10/h2,4-5,8,11-12,14H,3,6-7H2,1H3. The highest BCUT2D eigenvalue weighted by Crippen LogP contribution is 2.29. The Morgan fingerprint density at radius 1 is 1.39 bits per heavy atom. The molecule has 1 aromatic rings. The Bertz CT molecular complexity index is 519. The summed E-state index contributed by atoms with van der Waals surface area (Å²) in [7, 11) is -3.40. The fraction of sp³-hybridized carbons (Fsp3) is 0.500. The number of benzene rings is 1. The van der Waals surface area contributed by atoms with Gasteiger partial charge in [0.2, 0.25) is 10.0 Å². The van der Waals surface area contributed by atoms with E-state index >= 15 is 0 Å². The molecule has 6 heteroatoms. The van der Waals surface area contributed by atoms with Crippen molar-refractivity contribution in [3.8, 4) is 0 Å². The van der Waals surface area contributed by atoms with Crippen molar-refractivity contribution in [3.05, 3.63) is 28.7 Å². The molecule has 0 radical (unpaired) electrons. The summed E-state index contributed by atoms with van der Waals surface area (Å²) in [6, 6.07) is 6.86. The number of hydrogen-bond donors (Lipinski definition) is 1. The Morgan fingerprint density at radius 2 is 2.17 bits per heavy atom. The molecule has 1 aromatic carbocycles. The molecule has 0 amide bonds. The van der Waals surface area contributed by atoms with E-state index < -0.39 is 10.0 Å². The summed E-state index contributed by atoms with van der Waals surface area (Å²) in [4.78, 5) is 0.323. The monoisotopic (exact) mass is 349 g/mol. The minimum atomic E-state index is -3.40. The predicted molar refractivity (Wildman–Crippen MR) is 79.4 cm³/mol. The first-order valence-electron chi connectivity index (χ1n) is 5.83. The molecule has 18 heavy (non-hydrogen) atoms. The minimum absolute atomic E-state index is 0.0592. The zero-order chi connectivity index (χ0) is 13.2. The van der Waals surface area contributed by atoms with Gasteiger partial charge >= 0.3 is 0 Å². The van der Waals surface area contributed by atoms with Crippen LogP contribution in [0.4, 0.5) is 0 Å². The van der Waals surface area contributed by atoms with E-state index in [-0.39, 0.29) is 6.04 Å². The van der Waals surface area contributed by atoms with Crippen LogP contribution in [-0.4, -0.2) is 26.0 Å². The normalized spacial score (nSPS) is 24.3. The molecular formula is C12H16BrNO2S2. The number of halogens is 1. The second kappa shape index (κ2) is 5.94. The van der Waals surface area contributed by atoms with Crippen LogP contribution >= 0.6 is 27.7 Å². The topological polar surface area (TPSA) is 46.2 Å². The maximum absolute atomic E-state index is 12.3. The highest BCUT2D eigenvalue weighted by molar-refractivity contribution is 9.10. The number of sulfonamides is 1. The van der Waals surface area contributed by atoms with Crippen LogP contribution in [0, 0.1) is 0 Å². The third kappa shape index (κ3) is 3.29. The van der Waals surface area contributed by atoms with Gasteiger partial charge in [-0.25, -0.2) is 13.1 Å². The summed E-state index contributed by atoms with van der Waals surface area (Å²) in [5.41, 5.74) is 0. The van der Waals surface area contributed by atoms with Gasteiger partial charge in [-0.1, -0.05) is 28.4 Å². The molecule has 0 heterocycles. The lowest BCUT2D eigenvalue weighted by molar-refractivity contribution is 0.555. The quantitative estimate of drug-likeness (QED) is 0.908. The van der Waals surface area contributed by atoms with Gasteiger partial charge in [-0.05, 0) is 37.3 Å². The fourth-order valence-corrected chi connectivity index (χ4v) is 5.17. The maximum Gasteiger partial charge on any atom is 0.240 e. The van der Waals surface area contributed by atoms with E-state index in [1.165, 1.54) is 0 Å².